The van der Waals surface area contributed by atoms with Crippen LogP contribution >= 0.6 is 11.3 Å². The number of benzene rings is 1. The number of aromatic amines is 1. The summed E-state index contributed by atoms with van der Waals surface area (Å²) >= 11 is 1.54. The van der Waals surface area contributed by atoms with Crippen LogP contribution in [-0.4, -0.2) is 42.3 Å². The highest BCUT2D eigenvalue weighted by molar-refractivity contribution is 7.13. The Morgan fingerprint density at radius 3 is 2.61 bits per heavy atom. The number of aryl methyl sites for hydroxylation is 1. The number of anilines is 1. The Kier molecular flexibility index (Phi) is 5.34. The highest BCUT2D eigenvalue weighted by atomic mass is 32.1. The van der Waals surface area contributed by atoms with E-state index in [-0.39, 0.29) is 11.9 Å². The zero-order valence-corrected chi connectivity index (χ0v) is 16.9. The first kappa shape index (κ1) is 18.6. The average molecular weight is 397 g/mol. The lowest BCUT2D eigenvalue weighted by Crippen LogP contribution is -2.44. The number of amides is 1. The molecule has 0 bridgehead atoms. The summed E-state index contributed by atoms with van der Waals surface area (Å²) in [5, 5.41) is 10.8. The summed E-state index contributed by atoms with van der Waals surface area (Å²) in [6.07, 6.45) is 1.83. The zero-order chi connectivity index (χ0) is 19.5. The van der Waals surface area contributed by atoms with Gasteiger partial charge in [-0.25, -0.2) is 0 Å². The number of nitrogens with one attached hydrogen (secondary N) is 2. The van der Waals surface area contributed by atoms with Crippen molar-refractivity contribution < 1.29 is 9.53 Å². The third kappa shape index (κ3) is 4.04. The Labute approximate surface area is 168 Å². The second kappa shape index (κ2) is 8.06. The quantitative estimate of drug-likeness (QED) is 0.687. The maximum atomic E-state index is 12.3. The lowest BCUT2D eigenvalue weighted by Gasteiger charge is -2.32. The van der Waals surface area contributed by atoms with Gasteiger partial charge in [0.05, 0.1) is 17.7 Å². The van der Waals surface area contributed by atoms with Gasteiger partial charge in [-0.15, -0.1) is 11.3 Å². The van der Waals surface area contributed by atoms with Crippen LogP contribution in [0.4, 0.5) is 5.82 Å². The lowest BCUT2D eigenvalue weighted by atomic mass is 10.0. The molecule has 1 aliphatic rings. The minimum absolute atomic E-state index is 0.0399. The Hall–Kier alpha value is -2.80. The summed E-state index contributed by atoms with van der Waals surface area (Å²) in [6.45, 7) is 3.77. The van der Waals surface area contributed by atoms with Gasteiger partial charge in [-0.1, -0.05) is 0 Å². The number of carbonyl (C=O) groups is 1. The number of hydrogen-bond acceptors (Lipinski definition) is 5. The van der Waals surface area contributed by atoms with Crippen LogP contribution < -0.4 is 15.0 Å². The topological polar surface area (TPSA) is 70.2 Å². The molecule has 0 spiro atoms. The standard InChI is InChI=1S/C21H24N4O2S/c1-14-3-8-19(28-14)21(26)22-16-9-11-25(12-10-16)20-13-18(23-24-20)15-4-6-17(27-2)7-5-15/h3-8,13,16H,9-12H2,1-2H3,(H,22,26)(H,23,24). The van der Waals surface area contributed by atoms with E-state index in [0.29, 0.717) is 0 Å². The third-order valence-corrected chi connectivity index (χ3v) is 6.08. The van der Waals surface area contributed by atoms with E-state index in [9.17, 15) is 4.79 Å². The van der Waals surface area contributed by atoms with E-state index in [1.807, 2.05) is 43.3 Å². The normalized spacial score (nSPS) is 14.9. The summed E-state index contributed by atoms with van der Waals surface area (Å²) in [5.74, 6) is 1.83. The fourth-order valence-electron chi connectivity index (χ4n) is 3.46. The van der Waals surface area contributed by atoms with E-state index in [0.717, 1.165) is 58.5 Å². The first-order valence-corrected chi connectivity index (χ1v) is 10.3. The van der Waals surface area contributed by atoms with Crippen LogP contribution in [0.25, 0.3) is 11.3 Å². The fraction of sp³-hybridized carbons (Fsp3) is 0.333. The molecule has 6 nitrogen and oxygen atoms in total. The minimum Gasteiger partial charge on any atom is -0.497 e. The van der Waals surface area contributed by atoms with Gasteiger partial charge < -0.3 is 15.0 Å². The molecule has 28 heavy (non-hydrogen) atoms. The minimum atomic E-state index is 0.0399. The molecule has 2 N–H and O–H groups in total. The van der Waals surface area contributed by atoms with E-state index >= 15 is 0 Å². The van der Waals surface area contributed by atoms with E-state index in [1.165, 1.54) is 0 Å². The van der Waals surface area contributed by atoms with Crippen molar-refractivity contribution in [3.63, 3.8) is 0 Å². The van der Waals surface area contributed by atoms with Crippen molar-refractivity contribution in [1.29, 1.82) is 0 Å². The molecule has 1 saturated heterocycles. The number of methoxy groups -OCH3 is 1. The Morgan fingerprint density at radius 1 is 1.21 bits per heavy atom. The molecule has 1 aromatic carbocycles. The molecule has 0 radical (unpaired) electrons. The van der Waals surface area contributed by atoms with Crippen molar-refractivity contribution in [3.8, 4) is 17.0 Å². The molecule has 4 rings (SSSR count). The van der Waals surface area contributed by atoms with Gasteiger partial charge in [0.25, 0.3) is 5.91 Å². The van der Waals surface area contributed by atoms with Crippen LogP contribution in [-0.2, 0) is 0 Å². The Balaban J connectivity index is 1.33. The monoisotopic (exact) mass is 396 g/mol. The van der Waals surface area contributed by atoms with E-state index in [4.69, 9.17) is 4.74 Å². The van der Waals surface area contributed by atoms with Gasteiger partial charge in [0.1, 0.15) is 5.75 Å². The number of H-pyrrole nitrogens is 1. The van der Waals surface area contributed by atoms with Crippen LogP contribution in [0.2, 0.25) is 0 Å². The molecule has 0 atom stereocenters. The number of nitrogens with zero attached hydrogens (tertiary/aromatic N) is 2. The highest BCUT2D eigenvalue weighted by Crippen LogP contribution is 2.26. The van der Waals surface area contributed by atoms with Crippen LogP contribution in [0, 0.1) is 6.92 Å². The van der Waals surface area contributed by atoms with Gasteiger partial charge in [0.15, 0.2) is 5.82 Å². The van der Waals surface area contributed by atoms with Crippen molar-refractivity contribution in [3.05, 3.63) is 52.2 Å². The average Bonchev–Trinajstić information content (AvgIpc) is 3.38. The van der Waals surface area contributed by atoms with Gasteiger partial charge in [0, 0.05) is 30.1 Å². The molecule has 3 aromatic rings. The van der Waals surface area contributed by atoms with Gasteiger partial charge in [-0.3, -0.25) is 9.89 Å². The molecule has 1 fully saturated rings. The third-order valence-electron chi connectivity index (χ3n) is 5.08. The second-order valence-electron chi connectivity index (χ2n) is 7.01. The van der Waals surface area contributed by atoms with Gasteiger partial charge in [0.2, 0.25) is 0 Å². The summed E-state index contributed by atoms with van der Waals surface area (Å²) in [7, 11) is 1.66. The largest absolute Gasteiger partial charge is 0.497 e. The number of hydrogen-bond donors (Lipinski definition) is 2. The van der Waals surface area contributed by atoms with Crippen LogP contribution in [0.1, 0.15) is 27.4 Å². The number of aromatic nitrogens is 2. The number of rotatable bonds is 5. The molecule has 1 aliphatic heterocycles. The fourth-order valence-corrected chi connectivity index (χ4v) is 4.23. The molecular weight excluding hydrogens is 372 g/mol. The van der Waals surface area contributed by atoms with Gasteiger partial charge >= 0.3 is 0 Å². The Morgan fingerprint density at radius 2 is 1.96 bits per heavy atom. The summed E-state index contributed by atoms with van der Waals surface area (Å²) in [5.41, 5.74) is 2.06. The zero-order valence-electron chi connectivity index (χ0n) is 16.1. The maximum Gasteiger partial charge on any atom is 0.261 e. The van der Waals surface area contributed by atoms with Crippen LogP contribution in [0.3, 0.4) is 0 Å². The first-order chi connectivity index (χ1) is 13.6. The molecule has 3 heterocycles. The van der Waals surface area contributed by atoms with Crippen LogP contribution in [0.5, 0.6) is 5.75 Å². The molecule has 146 valence electrons. The predicted octanol–water partition coefficient (Wildman–Crippen LogP) is 3.85. The van der Waals surface area contributed by atoms with E-state index in [2.05, 4.69) is 26.5 Å². The first-order valence-electron chi connectivity index (χ1n) is 9.44. The second-order valence-corrected chi connectivity index (χ2v) is 8.30. The van der Waals surface area contributed by atoms with Gasteiger partial charge in [-0.05, 0) is 61.7 Å². The smallest absolute Gasteiger partial charge is 0.261 e. The molecule has 7 heteroatoms. The molecule has 2 aromatic heterocycles. The number of thiophene rings is 1. The van der Waals surface area contributed by atoms with E-state index < -0.39 is 0 Å². The van der Waals surface area contributed by atoms with E-state index in [1.54, 1.807) is 18.4 Å². The number of carbonyl (C=O) groups excluding carboxylic acids is 1. The van der Waals surface area contributed by atoms with Crippen molar-refractivity contribution in [2.45, 2.75) is 25.8 Å². The molecular formula is C21H24N4O2S. The summed E-state index contributed by atoms with van der Waals surface area (Å²) < 4.78 is 5.21. The lowest BCUT2D eigenvalue weighted by molar-refractivity contribution is 0.0935. The highest BCUT2D eigenvalue weighted by Gasteiger charge is 2.23. The van der Waals surface area contributed by atoms with Crippen LogP contribution in [0.15, 0.2) is 42.5 Å². The SMILES string of the molecule is COc1ccc(-c2cc(N3CCC(NC(=O)c4ccc(C)s4)CC3)n[nH]2)cc1. The summed E-state index contributed by atoms with van der Waals surface area (Å²) in [6, 6.07) is 14.1. The number of ether oxygens (including phenoxy) is 1. The van der Waals surface area contributed by atoms with Crippen molar-refractivity contribution in [1.82, 2.24) is 15.5 Å². The van der Waals surface area contributed by atoms with Crippen molar-refractivity contribution >= 4 is 23.1 Å². The molecule has 1 amide bonds. The molecule has 0 unspecified atom stereocenters. The Bertz CT molecular complexity index is 939. The molecule has 0 saturated carbocycles. The maximum absolute atomic E-state index is 12.3. The van der Waals surface area contributed by atoms with Crippen molar-refractivity contribution in [2.24, 2.45) is 0 Å². The number of piperidine rings is 1. The van der Waals surface area contributed by atoms with Crippen molar-refractivity contribution in [2.75, 3.05) is 25.1 Å². The van der Waals surface area contributed by atoms with Gasteiger partial charge in [-0.2, -0.15) is 5.10 Å². The molecule has 0 aliphatic carbocycles. The predicted molar refractivity (Wildman–Crippen MR) is 112 cm³/mol. The summed E-state index contributed by atoms with van der Waals surface area (Å²) in [4.78, 5) is 16.6.